The van der Waals surface area contributed by atoms with Crippen molar-refractivity contribution in [1.29, 1.82) is 0 Å². The molecular formula is C12H14O6. The molecule has 0 aliphatic carbocycles. The molecule has 1 atom stereocenters. The van der Waals surface area contributed by atoms with Gasteiger partial charge in [-0.05, 0) is 19.1 Å². The molecule has 1 aromatic rings. The molecule has 98 valence electrons. The van der Waals surface area contributed by atoms with Crippen molar-refractivity contribution in [2.75, 3.05) is 14.2 Å². The maximum absolute atomic E-state index is 11.5. The highest BCUT2D eigenvalue weighted by atomic mass is 16.6. The summed E-state index contributed by atoms with van der Waals surface area (Å²) in [6.07, 6.45) is -1.31. The Morgan fingerprint density at radius 2 is 1.94 bits per heavy atom. The molecule has 6 nitrogen and oxygen atoms in total. The third kappa shape index (κ3) is 2.98. The smallest absolute Gasteiger partial charge is 0.341 e. The topological polar surface area (TPSA) is 82.1 Å². The molecule has 0 amide bonds. The lowest BCUT2D eigenvalue weighted by Crippen LogP contribution is -2.23. The number of ether oxygens (including phenoxy) is 3. The first-order valence-electron chi connectivity index (χ1n) is 5.16. The minimum atomic E-state index is -1.31. The zero-order valence-electron chi connectivity index (χ0n) is 10.3. The van der Waals surface area contributed by atoms with Crippen LogP contribution in [0.3, 0.4) is 0 Å². The molecule has 0 bridgehead atoms. The van der Waals surface area contributed by atoms with Crippen LogP contribution in [0.1, 0.15) is 17.3 Å². The SMILES string of the molecule is COC(=O)c1cccc(OC)c1OC(=O)C(C)O. The van der Waals surface area contributed by atoms with E-state index in [9.17, 15) is 9.59 Å². The highest BCUT2D eigenvalue weighted by Crippen LogP contribution is 2.31. The van der Waals surface area contributed by atoms with Crippen LogP contribution < -0.4 is 9.47 Å². The Morgan fingerprint density at radius 1 is 1.28 bits per heavy atom. The van der Waals surface area contributed by atoms with Gasteiger partial charge in [0.25, 0.3) is 0 Å². The Morgan fingerprint density at radius 3 is 2.44 bits per heavy atom. The molecule has 0 aliphatic rings. The predicted octanol–water partition coefficient (Wildman–Crippen LogP) is 0.768. The molecular weight excluding hydrogens is 240 g/mol. The number of carbonyl (C=O) groups excluding carboxylic acids is 2. The number of para-hydroxylation sites is 1. The van der Waals surface area contributed by atoms with Gasteiger partial charge >= 0.3 is 11.9 Å². The molecule has 1 unspecified atom stereocenters. The third-order valence-electron chi connectivity index (χ3n) is 2.15. The van der Waals surface area contributed by atoms with E-state index in [0.717, 1.165) is 0 Å². The first kappa shape index (κ1) is 14.0. The van der Waals surface area contributed by atoms with Gasteiger partial charge in [0.2, 0.25) is 0 Å². The van der Waals surface area contributed by atoms with Crippen molar-refractivity contribution in [3.8, 4) is 11.5 Å². The lowest BCUT2D eigenvalue weighted by atomic mass is 10.2. The molecule has 0 saturated carbocycles. The van der Waals surface area contributed by atoms with Crippen LogP contribution in [-0.4, -0.2) is 37.4 Å². The van der Waals surface area contributed by atoms with E-state index in [1.807, 2.05) is 0 Å². The standard InChI is InChI=1S/C12H14O6/c1-7(13)11(14)18-10-8(12(15)17-3)5-4-6-9(10)16-2/h4-7,13H,1-3H3. The van der Waals surface area contributed by atoms with E-state index in [1.54, 1.807) is 6.07 Å². The molecule has 1 rings (SSSR count). The van der Waals surface area contributed by atoms with Crippen molar-refractivity contribution < 1.29 is 28.9 Å². The second-order valence-electron chi connectivity index (χ2n) is 3.43. The second-order valence-corrected chi connectivity index (χ2v) is 3.43. The Labute approximate surface area is 104 Å². The van der Waals surface area contributed by atoms with Gasteiger partial charge < -0.3 is 19.3 Å². The molecule has 0 spiro atoms. The van der Waals surface area contributed by atoms with E-state index in [2.05, 4.69) is 4.74 Å². The van der Waals surface area contributed by atoms with E-state index < -0.39 is 18.0 Å². The van der Waals surface area contributed by atoms with Crippen molar-refractivity contribution >= 4 is 11.9 Å². The average molecular weight is 254 g/mol. The highest BCUT2D eigenvalue weighted by Gasteiger charge is 2.22. The molecule has 6 heteroatoms. The van der Waals surface area contributed by atoms with Gasteiger partial charge in [0.1, 0.15) is 11.7 Å². The largest absolute Gasteiger partial charge is 0.493 e. The van der Waals surface area contributed by atoms with E-state index in [-0.39, 0.29) is 17.1 Å². The van der Waals surface area contributed by atoms with Crippen LogP contribution in [0.25, 0.3) is 0 Å². The number of aliphatic hydroxyl groups excluding tert-OH is 1. The minimum Gasteiger partial charge on any atom is -0.493 e. The summed E-state index contributed by atoms with van der Waals surface area (Å²) in [7, 11) is 2.58. The van der Waals surface area contributed by atoms with Crippen LogP contribution >= 0.6 is 0 Å². The lowest BCUT2D eigenvalue weighted by Gasteiger charge is -2.13. The van der Waals surface area contributed by atoms with Crippen LogP contribution in [-0.2, 0) is 9.53 Å². The van der Waals surface area contributed by atoms with E-state index in [1.165, 1.54) is 33.3 Å². The van der Waals surface area contributed by atoms with Gasteiger partial charge in [-0.2, -0.15) is 0 Å². The monoisotopic (exact) mass is 254 g/mol. The lowest BCUT2D eigenvalue weighted by molar-refractivity contribution is -0.142. The van der Waals surface area contributed by atoms with Gasteiger partial charge in [-0.15, -0.1) is 0 Å². The fourth-order valence-corrected chi connectivity index (χ4v) is 1.24. The number of aliphatic hydroxyl groups is 1. The quantitative estimate of drug-likeness (QED) is 0.631. The fourth-order valence-electron chi connectivity index (χ4n) is 1.24. The molecule has 0 radical (unpaired) electrons. The minimum absolute atomic E-state index is 0.0471. The number of carbonyl (C=O) groups is 2. The molecule has 0 aromatic heterocycles. The van der Waals surface area contributed by atoms with Gasteiger partial charge in [0.15, 0.2) is 11.5 Å². The van der Waals surface area contributed by atoms with E-state index in [4.69, 9.17) is 14.6 Å². The summed E-state index contributed by atoms with van der Waals surface area (Å²) in [5, 5.41) is 9.10. The fraction of sp³-hybridized carbons (Fsp3) is 0.333. The Hall–Kier alpha value is -2.08. The molecule has 0 fully saturated rings. The summed E-state index contributed by atoms with van der Waals surface area (Å²) >= 11 is 0. The highest BCUT2D eigenvalue weighted by molar-refractivity contribution is 5.94. The normalized spacial score (nSPS) is 11.6. The number of methoxy groups -OCH3 is 2. The third-order valence-corrected chi connectivity index (χ3v) is 2.15. The Kier molecular flexibility index (Phi) is 4.67. The van der Waals surface area contributed by atoms with Crippen LogP contribution in [0.2, 0.25) is 0 Å². The molecule has 1 aromatic carbocycles. The summed E-state index contributed by atoms with van der Waals surface area (Å²) in [5.74, 6) is -1.42. The summed E-state index contributed by atoms with van der Waals surface area (Å²) in [6.45, 7) is 1.26. The van der Waals surface area contributed by atoms with Crippen LogP contribution in [0.15, 0.2) is 18.2 Å². The average Bonchev–Trinajstić information content (AvgIpc) is 2.37. The van der Waals surface area contributed by atoms with Crippen LogP contribution in [0, 0.1) is 0 Å². The van der Waals surface area contributed by atoms with Gasteiger partial charge in [-0.1, -0.05) is 6.07 Å². The van der Waals surface area contributed by atoms with Crippen molar-refractivity contribution in [2.45, 2.75) is 13.0 Å². The number of benzene rings is 1. The Balaban J connectivity index is 3.20. The van der Waals surface area contributed by atoms with Crippen LogP contribution in [0.5, 0.6) is 11.5 Å². The summed E-state index contributed by atoms with van der Waals surface area (Å²) in [4.78, 5) is 22.9. The van der Waals surface area contributed by atoms with Gasteiger partial charge in [-0.25, -0.2) is 9.59 Å². The zero-order valence-corrected chi connectivity index (χ0v) is 10.3. The first-order chi connectivity index (χ1) is 8.51. The number of hydrogen-bond donors (Lipinski definition) is 1. The van der Waals surface area contributed by atoms with Crippen molar-refractivity contribution in [2.24, 2.45) is 0 Å². The van der Waals surface area contributed by atoms with Gasteiger partial charge in [-0.3, -0.25) is 0 Å². The molecule has 1 N–H and O–H groups in total. The second kappa shape index (κ2) is 6.02. The summed E-state index contributed by atoms with van der Waals surface area (Å²) in [5.41, 5.74) is 0.0471. The van der Waals surface area contributed by atoms with E-state index in [0.29, 0.717) is 0 Å². The van der Waals surface area contributed by atoms with Crippen molar-refractivity contribution in [3.63, 3.8) is 0 Å². The number of esters is 2. The van der Waals surface area contributed by atoms with Gasteiger partial charge in [0.05, 0.1) is 14.2 Å². The number of hydrogen-bond acceptors (Lipinski definition) is 6. The molecule has 0 saturated heterocycles. The van der Waals surface area contributed by atoms with E-state index >= 15 is 0 Å². The Bertz CT molecular complexity index is 452. The van der Waals surface area contributed by atoms with Crippen molar-refractivity contribution in [3.05, 3.63) is 23.8 Å². The van der Waals surface area contributed by atoms with Gasteiger partial charge in [0, 0.05) is 0 Å². The number of rotatable bonds is 4. The molecule has 0 aliphatic heterocycles. The van der Waals surface area contributed by atoms with Crippen molar-refractivity contribution in [1.82, 2.24) is 0 Å². The summed E-state index contributed by atoms with van der Waals surface area (Å²) in [6, 6.07) is 4.51. The molecule has 0 heterocycles. The maximum Gasteiger partial charge on any atom is 0.341 e. The summed E-state index contributed by atoms with van der Waals surface area (Å²) < 4.78 is 14.5. The molecule has 18 heavy (non-hydrogen) atoms. The first-order valence-corrected chi connectivity index (χ1v) is 5.16. The van der Waals surface area contributed by atoms with Crippen LogP contribution in [0.4, 0.5) is 0 Å². The maximum atomic E-state index is 11.5. The zero-order chi connectivity index (χ0) is 13.7. The predicted molar refractivity (Wildman–Crippen MR) is 61.6 cm³/mol.